The van der Waals surface area contributed by atoms with Gasteiger partial charge in [-0.05, 0) is 20.8 Å². The van der Waals surface area contributed by atoms with Crippen molar-refractivity contribution in [1.82, 2.24) is 0 Å². The topological polar surface area (TPSA) is 43.4 Å². The highest BCUT2D eigenvalue weighted by molar-refractivity contribution is 7.92. The van der Waals surface area contributed by atoms with Crippen LogP contribution in [0, 0.1) is 0 Å². The average molecular weight is 164 g/mol. The van der Waals surface area contributed by atoms with Crippen LogP contribution in [0.2, 0.25) is 0 Å². The minimum Gasteiger partial charge on any atom is -0.356 e. The van der Waals surface area contributed by atoms with Gasteiger partial charge in [0.05, 0.1) is 11.4 Å². The molecular weight excluding hydrogens is 152 g/mol. The molecule has 1 fully saturated rings. The number of sulfone groups is 1. The SMILES string of the molecule is CC1OC(C)(C)CS1(=O)=O. The largest absolute Gasteiger partial charge is 0.356 e. The third-order valence-corrected chi connectivity index (χ3v) is 3.74. The van der Waals surface area contributed by atoms with E-state index in [0.29, 0.717) is 0 Å². The summed E-state index contributed by atoms with van der Waals surface area (Å²) in [5, 5.41) is 0. The molecule has 0 aliphatic carbocycles. The molecule has 0 spiro atoms. The highest BCUT2D eigenvalue weighted by Gasteiger charge is 2.41. The maximum Gasteiger partial charge on any atom is 0.179 e. The number of ether oxygens (including phenoxy) is 1. The molecule has 0 N–H and O–H groups in total. The zero-order chi connectivity index (χ0) is 7.99. The van der Waals surface area contributed by atoms with Crippen LogP contribution in [0.25, 0.3) is 0 Å². The van der Waals surface area contributed by atoms with Gasteiger partial charge in [0.1, 0.15) is 0 Å². The fourth-order valence-electron chi connectivity index (χ4n) is 1.16. The van der Waals surface area contributed by atoms with Crippen molar-refractivity contribution in [3.63, 3.8) is 0 Å². The second kappa shape index (κ2) is 1.95. The third kappa shape index (κ3) is 1.32. The Morgan fingerprint density at radius 2 is 2.00 bits per heavy atom. The van der Waals surface area contributed by atoms with Gasteiger partial charge in [0, 0.05) is 0 Å². The first-order valence-electron chi connectivity index (χ1n) is 3.23. The van der Waals surface area contributed by atoms with Crippen LogP contribution in [0.5, 0.6) is 0 Å². The molecule has 1 rings (SSSR count). The Labute approximate surface area is 61.3 Å². The number of hydrogen-bond acceptors (Lipinski definition) is 3. The Kier molecular flexibility index (Phi) is 1.56. The monoisotopic (exact) mass is 164 g/mol. The van der Waals surface area contributed by atoms with E-state index in [1.807, 2.05) is 0 Å². The van der Waals surface area contributed by atoms with E-state index in [4.69, 9.17) is 4.74 Å². The lowest BCUT2D eigenvalue weighted by Gasteiger charge is -2.14. The van der Waals surface area contributed by atoms with E-state index in [1.165, 1.54) is 0 Å². The van der Waals surface area contributed by atoms with Crippen molar-refractivity contribution in [2.75, 3.05) is 5.75 Å². The van der Waals surface area contributed by atoms with Crippen molar-refractivity contribution in [3.05, 3.63) is 0 Å². The summed E-state index contributed by atoms with van der Waals surface area (Å²) in [4.78, 5) is 0. The standard InChI is InChI=1S/C6H12O3S/c1-5-9-6(2,3)4-10(5,7)8/h5H,4H2,1-3H3. The van der Waals surface area contributed by atoms with E-state index >= 15 is 0 Å². The van der Waals surface area contributed by atoms with Crippen molar-refractivity contribution in [1.29, 1.82) is 0 Å². The van der Waals surface area contributed by atoms with Gasteiger partial charge in [-0.2, -0.15) is 0 Å². The Balaban J connectivity index is 2.92. The summed E-state index contributed by atoms with van der Waals surface area (Å²) in [5.74, 6) is 0.140. The zero-order valence-electron chi connectivity index (χ0n) is 6.42. The fourth-order valence-corrected chi connectivity index (χ4v) is 2.84. The van der Waals surface area contributed by atoms with Crippen molar-refractivity contribution in [3.8, 4) is 0 Å². The van der Waals surface area contributed by atoms with E-state index in [9.17, 15) is 8.42 Å². The molecule has 10 heavy (non-hydrogen) atoms. The van der Waals surface area contributed by atoms with Crippen LogP contribution in [-0.2, 0) is 14.6 Å². The molecule has 0 aromatic heterocycles. The molecule has 1 atom stereocenters. The van der Waals surface area contributed by atoms with Crippen LogP contribution < -0.4 is 0 Å². The molecule has 1 aliphatic rings. The molecule has 60 valence electrons. The van der Waals surface area contributed by atoms with Crippen molar-refractivity contribution >= 4 is 9.84 Å². The number of rotatable bonds is 0. The summed E-state index contributed by atoms with van der Waals surface area (Å²) in [7, 11) is -2.95. The van der Waals surface area contributed by atoms with Crippen LogP contribution in [-0.4, -0.2) is 25.2 Å². The van der Waals surface area contributed by atoms with Crippen LogP contribution in [0.15, 0.2) is 0 Å². The van der Waals surface area contributed by atoms with Gasteiger partial charge in [-0.1, -0.05) is 0 Å². The lowest BCUT2D eigenvalue weighted by molar-refractivity contribution is 0.00731. The third-order valence-electron chi connectivity index (χ3n) is 1.54. The number of hydrogen-bond donors (Lipinski definition) is 0. The minimum absolute atomic E-state index is 0.140. The highest BCUT2D eigenvalue weighted by atomic mass is 32.2. The average Bonchev–Trinajstić information content (AvgIpc) is 1.73. The van der Waals surface area contributed by atoms with Gasteiger partial charge in [0.15, 0.2) is 15.3 Å². The lowest BCUT2D eigenvalue weighted by Crippen LogP contribution is -2.22. The summed E-state index contributed by atoms with van der Waals surface area (Å²) in [6.45, 7) is 5.15. The highest BCUT2D eigenvalue weighted by Crippen LogP contribution is 2.26. The first-order valence-corrected chi connectivity index (χ1v) is 4.94. The van der Waals surface area contributed by atoms with Gasteiger partial charge in [-0.25, -0.2) is 8.42 Å². The van der Waals surface area contributed by atoms with Gasteiger partial charge in [-0.15, -0.1) is 0 Å². The van der Waals surface area contributed by atoms with E-state index < -0.39 is 20.9 Å². The van der Waals surface area contributed by atoms with Gasteiger partial charge in [0.2, 0.25) is 0 Å². The fraction of sp³-hybridized carbons (Fsp3) is 1.00. The van der Waals surface area contributed by atoms with E-state index in [1.54, 1.807) is 20.8 Å². The van der Waals surface area contributed by atoms with Crippen LogP contribution in [0.1, 0.15) is 20.8 Å². The van der Waals surface area contributed by atoms with Crippen molar-refractivity contribution in [2.24, 2.45) is 0 Å². The van der Waals surface area contributed by atoms with E-state index in [-0.39, 0.29) is 5.75 Å². The molecule has 0 saturated carbocycles. The molecular formula is C6H12O3S. The maximum atomic E-state index is 11.1. The quantitative estimate of drug-likeness (QED) is 0.525. The Morgan fingerprint density at radius 3 is 2.10 bits per heavy atom. The van der Waals surface area contributed by atoms with Crippen LogP contribution >= 0.6 is 0 Å². The second-order valence-corrected chi connectivity index (χ2v) is 5.53. The van der Waals surface area contributed by atoms with E-state index in [2.05, 4.69) is 0 Å². The summed E-state index contributed by atoms with van der Waals surface area (Å²) in [5.41, 5.74) is -1.11. The molecule has 1 unspecified atom stereocenters. The Hall–Kier alpha value is -0.0900. The minimum atomic E-state index is -2.95. The molecule has 3 nitrogen and oxygen atoms in total. The molecule has 4 heteroatoms. The van der Waals surface area contributed by atoms with Gasteiger partial charge in [0.25, 0.3) is 0 Å². The predicted octanol–water partition coefficient (Wildman–Crippen LogP) is 0.556. The lowest BCUT2D eigenvalue weighted by atomic mass is 10.2. The van der Waals surface area contributed by atoms with Crippen LogP contribution in [0.3, 0.4) is 0 Å². The molecule has 1 heterocycles. The normalized spacial score (nSPS) is 36.1. The van der Waals surface area contributed by atoms with Crippen LogP contribution in [0.4, 0.5) is 0 Å². The molecule has 0 amide bonds. The summed E-state index contributed by atoms with van der Waals surface area (Å²) >= 11 is 0. The summed E-state index contributed by atoms with van der Waals surface area (Å²) in [6, 6.07) is 0. The molecule has 1 aliphatic heterocycles. The first kappa shape index (κ1) is 8.01. The maximum absolute atomic E-state index is 11.1. The van der Waals surface area contributed by atoms with Crippen molar-refractivity contribution in [2.45, 2.75) is 31.8 Å². The predicted molar refractivity (Wildman–Crippen MR) is 38.4 cm³/mol. The van der Waals surface area contributed by atoms with Gasteiger partial charge >= 0.3 is 0 Å². The Morgan fingerprint density at radius 1 is 1.50 bits per heavy atom. The summed E-state index contributed by atoms with van der Waals surface area (Å²) in [6.07, 6.45) is 0. The van der Waals surface area contributed by atoms with Crippen molar-refractivity contribution < 1.29 is 13.2 Å². The first-order chi connectivity index (χ1) is 4.33. The Bertz CT molecular complexity index is 227. The van der Waals surface area contributed by atoms with Gasteiger partial charge < -0.3 is 4.74 Å². The van der Waals surface area contributed by atoms with E-state index in [0.717, 1.165) is 0 Å². The van der Waals surface area contributed by atoms with Gasteiger partial charge in [-0.3, -0.25) is 0 Å². The molecule has 0 aromatic rings. The summed E-state index contributed by atoms with van der Waals surface area (Å²) < 4.78 is 27.3. The smallest absolute Gasteiger partial charge is 0.179 e. The molecule has 0 bridgehead atoms. The molecule has 1 saturated heterocycles. The molecule has 0 radical (unpaired) electrons. The zero-order valence-corrected chi connectivity index (χ0v) is 7.23. The second-order valence-electron chi connectivity index (χ2n) is 3.25. The molecule has 0 aromatic carbocycles.